The molecule has 0 saturated heterocycles. The zero-order chi connectivity index (χ0) is 22.0. The lowest BCUT2D eigenvalue weighted by Crippen LogP contribution is -2.08. The summed E-state index contributed by atoms with van der Waals surface area (Å²) in [5.41, 5.74) is 0.956. The zero-order valence-electron chi connectivity index (χ0n) is 16.9. The largest absolute Gasteiger partial charge is 0.508 e. The summed E-state index contributed by atoms with van der Waals surface area (Å²) in [6.07, 6.45) is 0. The molecule has 4 aromatic rings. The van der Waals surface area contributed by atoms with E-state index >= 15 is 0 Å². The zero-order valence-corrected chi connectivity index (χ0v) is 16.9. The quantitative estimate of drug-likeness (QED) is 0.475. The summed E-state index contributed by atoms with van der Waals surface area (Å²) in [5.74, 6) is 0.399. The molecule has 2 N–H and O–H groups in total. The molecule has 1 heterocycles. The van der Waals surface area contributed by atoms with Crippen LogP contribution in [0.3, 0.4) is 0 Å². The number of ether oxygens (including phenoxy) is 3. The summed E-state index contributed by atoms with van der Waals surface area (Å²) >= 11 is 0. The van der Waals surface area contributed by atoms with Crippen molar-refractivity contribution in [3.05, 3.63) is 76.5 Å². The number of aromatic hydroxyl groups is 2. The lowest BCUT2D eigenvalue weighted by Gasteiger charge is -2.14. The SMILES string of the molecule is COc1ccc(-c2oc3cc(O)cc(O)c3c(=O)c2OC)cc1OCc1ccccc1. The molecule has 0 unspecified atom stereocenters. The number of phenolic OH excluding ortho intramolecular Hbond substituents is 2. The van der Waals surface area contributed by atoms with Gasteiger partial charge in [-0.1, -0.05) is 30.3 Å². The van der Waals surface area contributed by atoms with Crippen LogP contribution in [0.25, 0.3) is 22.3 Å². The first-order chi connectivity index (χ1) is 15.0. The van der Waals surface area contributed by atoms with E-state index in [0.29, 0.717) is 23.7 Å². The van der Waals surface area contributed by atoms with Crippen molar-refractivity contribution in [1.29, 1.82) is 0 Å². The Labute approximate surface area is 177 Å². The van der Waals surface area contributed by atoms with Crippen LogP contribution in [0, 0.1) is 0 Å². The predicted octanol–water partition coefficient (Wildman–Crippen LogP) is 4.47. The van der Waals surface area contributed by atoms with Crippen molar-refractivity contribution in [2.75, 3.05) is 14.2 Å². The number of hydrogen-bond acceptors (Lipinski definition) is 7. The molecule has 0 bridgehead atoms. The molecule has 1 aromatic heterocycles. The summed E-state index contributed by atoms with van der Waals surface area (Å²) < 4.78 is 22.5. The van der Waals surface area contributed by atoms with Gasteiger partial charge in [-0.15, -0.1) is 0 Å². The van der Waals surface area contributed by atoms with Gasteiger partial charge in [-0.2, -0.15) is 0 Å². The topological polar surface area (TPSA) is 98.4 Å². The number of rotatable bonds is 6. The van der Waals surface area contributed by atoms with Crippen LogP contribution in [0.15, 0.2) is 69.9 Å². The maximum absolute atomic E-state index is 12.9. The van der Waals surface area contributed by atoms with Crippen LogP contribution in [-0.4, -0.2) is 24.4 Å². The predicted molar refractivity (Wildman–Crippen MR) is 115 cm³/mol. The van der Waals surface area contributed by atoms with Crippen LogP contribution in [0.5, 0.6) is 28.7 Å². The Morgan fingerprint density at radius 2 is 1.68 bits per heavy atom. The molecular weight excluding hydrogens is 400 g/mol. The van der Waals surface area contributed by atoms with Crippen molar-refractivity contribution in [3.8, 4) is 40.1 Å². The van der Waals surface area contributed by atoms with Crippen LogP contribution in [0.1, 0.15) is 5.56 Å². The third-order valence-electron chi connectivity index (χ3n) is 4.78. The highest BCUT2D eigenvalue weighted by Crippen LogP contribution is 2.39. The van der Waals surface area contributed by atoms with E-state index in [4.69, 9.17) is 18.6 Å². The molecule has 0 fully saturated rings. The van der Waals surface area contributed by atoms with Gasteiger partial charge in [0.05, 0.1) is 14.2 Å². The molecule has 158 valence electrons. The standard InChI is InChI=1S/C24H20O7/c1-28-18-9-8-15(10-19(18)30-13-14-6-4-3-5-7-14)23-24(29-2)22(27)21-17(26)11-16(25)12-20(21)31-23/h3-12,25-26H,13H2,1-2H3. The van der Waals surface area contributed by atoms with Crippen LogP contribution in [0.4, 0.5) is 0 Å². The Bertz CT molecular complexity index is 1290. The third-order valence-corrected chi connectivity index (χ3v) is 4.78. The van der Waals surface area contributed by atoms with E-state index in [1.165, 1.54) is 20.3 Å². The number of fused-ring (bicyclic) bond motifs is 1. The second-order valence-electron chi connectivity index (χ2n) is 6.77. The Morgan fingerprint density at radius 3 is 2.39 bits per heavy atom. The van der Waals surface area contributed by atoms with Crippen molar-refractivity contribution in [2.24, 2.45) is 0 Å². The number of benzene rings is 3. The molecule has 3 aromatic carbocycles. The minimum Gasteiger partial charge on any atom is -0.508 e. The van der Waals surface area contributed by atoms with E-state index in [9.17, 15) is 15.0 Å². The Morgan fingerprint density at radius 1 is 0.903 bits per heavy atom. The number of hydrogen-bond donors (Lipinski definition) is 2. The molecule has 0 aliphatic rings. The van der Waals surface area contributed by atoms with Crippen molar-refractivity contribution >= 4 is 11.0 Å². The monoisotopic (exact) mass is 420 g/mol. The van der Waals surface area contributed by atoms with Gasteiger partial charge < -0.3 is 28.8 Å². The van der Waals surface area contributed by atoms with Gasteiger partial charge in [0.2, 0.25) is 11.2 Å². The number of phenols is 2. The second kappa shape index (κ2) is 8.31. The maximum atomic E-state index is 12.9. The van der Waals surface area contributed by atoms with Crippen LogP contribution < -0.4 is 19.6 Å². The van der Waals surface area contributed by atoms with Gasteiger partial charge in [0, 0.05) is 17.7 Å². The second-order valence-corrected chi connectivity index (χ2v) is 6.77. The van der Waals surface area contributed by atoms with Crippen LogP contribution >= 0.6 is 0 Å². The van der Waals surface area contributed by atoms with E-state index in [1.54, 1.807) is 18.2 Å². The summed E-state index contributed by atoms with van der Waals surface area (Å²) in [6.45, 7) is 0.321. The van der Waals surface area contributed by atoms with Gasteiger partial charge in [-0.3, -0.25) is 4.79 Å². The van der Waals surface area contributed by atoms with Crippen molar-refractivity contribution in [1.82, 2.24) is 0 Å². The molecule has 31 heavy (non-hydrogen) atoms. The lowest BCUT2D eigenvalue weighted by molar-refractivity contribution is 0.284. The highest BCUT2D eigenvalue weighted by Gasteiger charge is 2.21. The third kappa shape index (κ3) is 3.85. The van der Waals surface area contributed by atoms with Gasteiger partial charge in [0.25, 0.3) is 0 Å². The van der Waals surface area contributed by atoms with Gasteiger partial charge in [0.15, 0.2) is 17.3 Å². The fourth-order valence-electron chi connectivity index (χ4n) is 3.31. The normalized spacial score (nSPS) is 10.8. The van der Waals surface area contributed by atoms with Crippen molar-refractivity contribution < 1.29 is 28.8 Å². The molecule has 0 spiro atoms. The molecule has 0 aliphatic heterocycles. The molecule has 4 rings (SSSR count). The van der Waals surface area contributed by atoms with Crippen molar-refractivity contribution in [2.45, 2.75) is 6.61 Å². The van der Waals surface area contributed by atoms with Gasteiger partial charge >= 0.3 is 0 Å². The van der Waals surface area contributed by atoms with Gasteiger partial charge in [-0.25, -0.2) is 0 Å². The lowest BCUT2D eigenvalue weighted by atomic mass is 10.1. The van der Waals surface area contributed by atoms with E-state index in [-0.39, 0.29) is 28.2 Å². The number of methoxy groups -OCH3 is 2. The van der Waals surface area contributed by atoms with Crippen LogP contribution in [-0.2, 0) is 6.61 Å². The molecule has 0 aliphatic carbocycles. The van der Waals surface area contributed by atoms with Crippen molar-refractivity contribution in [3.63, 3.8) is 0 Å². The van der Waals surface area contributed by atoms with E-state index < -0.39 is 11.2 Å². The van der Waals surface area contributed by atoms with E-state index in [0.717, 1.165) is 11.6 Å². The van der Waals surface area contributed by atoms with Gasteiger partial charge in [0.1, 0.15) is 29.1 Å². The average molecular weight is 420 g/mol. The molecular formula is C24H20O7. The van der Waals surface area contributed by atoms with Gasteiger partial charge in [-0.05, 0) is 23.8 Å². The first-order valence-electron chi connectivity index (χ1n) is 9.43. The first kappa shape index (κ1) is 20.2. The fraction of sp³-hybridized carbons (Fsp3) is 0.125. The fourth-order valence-corrected chi connectivity index (χ4v) is 3.31. The summed E-state index contributed by atoms with van der Waals surface area (Å²) in [4.78, 5) is 12.9. The molecule has 0 saturated carbocycles. The Hall–Kier alpha value is -4.13. The molecule has 7 nitrogen and oxygen atoms in total. The van der Waals surface area contributed by atoms with E-state index in [2.05, 4.69) is 0 Å². The summed E-state index contributed by atoms with van der Waals surface area (Å²) in [6, 6.07) is 17.1. The Kier molecular flexibility index (Phi) is 5.41. The average Bonchev–Trinajstić information content (AvgIpc) is 2.77. The smallest absolute Gasteiger partial charge is 0.239 e. The highest BCUT2D eigenvalue weighted by atomic mass is 16.5. The molecule has 7 heteroatoms. The molecule has 0 atom stereocenters. The van der Waals surface area contributed by atoms with E-state index in [1.807, 2.05) is 30.3 Å². The maximum Gasteiger partial charge on any atom is 0.239 e. The van der Waals surface area contributed by atoms with Crippen LogP contribution in [0.2, 0.25) is 0 Å². The highest BCUT2D eigenvalue weighted by molar-refractivity contribution is 5.88. The first-order valence-corrected chi connectivity index (χ1v) is 9.43. The summed E-state index contributed by atoms with van der Waals surface area (Å²) in [7, 11) is 2.88. The molecule has 0 amide bonds. The minimum atomic E-state index is -0.557. The Balaban J connectivity index is 1.83. The molecule has 0 radical (unpaired) electrons. The summed E-state index contributed by atoms with van der Waals surface area (Å²) in [5, 5.41) is 19.8. The minimum absolute atomic E-state index is 0.0286.